The number of hydrogen-bond acceptors (Lipinski definition) is 2. The van der Waals surface area contributed by atoms with Gasteiger partial charge in [-0.2, -0.15) is 0 Å². The van der Waals surface area contributed by atoms with Crippen molar-refractivity contribution in [3.63, 3.8) is 0 Å². The van der Waals surface area contributed by atoms with E-state index in [0.717, 1.165) is 12.1 Å². The summed E-state index contributed by atoms with van der Waals surface area (Å²) in [6, 6.07) is 3.48. The first kappa shape index (κ1) is 13.1. The fourth-order valence-electron chi connectivity index (χ4n) is 0.838. The van der Waals surface area contributed by atoms with E-state index in [4.69, 9.17) is 4.74 Å². The molecule has 2 nitrogen and oxygen atoms in total. The van der Waals surface area contributed by atoms with Crippen molar-refractivity contribution in [2.45, 2.75) is 0 Å². The lowest BCUT2D eigenvalue weighted by molar-refractivity contribution is 0.315. The van der Waals surface area contributed by atoms with E-state index in [1.807, 2.05) is 0 Å². The third-order valence-corrected chi connectivity index (χ3v) is 1.51. The van der Waals surface area contributed by atoms with Crippen molar-refractivity contribution in [1.29, 1.82) is 0 Å². The molecule has 0 aliphatic rings. The van der Waals surface area contributed by atoms with Crippen LogP contribution in [0.1, 0.15) is 0 Å². The van der Waals surface area contributed by atoms with Crippen molar-refractivity contribution in [2.75, 3.05) is 20.2 Å². The highest BCUT2D eigenvalue weighted by atomic mass is 35.5. The fraction of sp³-hybridized carbons (Fsp3) is 0.333. The molecule has 1 aromatic rings. The summed E-state index contributed by atoms with van der Waals surface area (Å²) >= 11 is 0. The molecule has 0 unspecified atom stereocenters. The Morgan fingerprint density at radius 2 is 2.00 bits per heavy atom. The van der Waals surface area contributed by atoms with Crippen LogP contribution >= 0.6 is 12.4 Å². The van der Waals surface area contributed by atoms with Crippen LogP contribution in [0.5, 0.6) is 5.75 Å². The Kier molecular flexibility index (Phi) is 6.16. The zero-order chi connectivity index (χ0) is 9.68. The van der Waals surface area contributed by atoms with Crippen molar-refractivity contribution in [3.8, 4) is 5.75 Å². The molecule has 1 N–H and O–H groups in total. The molecule has 1 aromatic carbocycles. The SMILES string of the molecule is CNCCOc1ccc(F)c(F)c1.Cl. The predicted octanol–water partition coefficient (Wildman–Crippen LogP) is 1.98. The molecule has 0 bridgehead atoms. The summed E-state index contributed by atoms with van der Waals surface area (Å²) in [7, 11) is 1.79. The number of ether oxygens (including phenoxy) is 1. The Hall–Kier alpha value is -0.870. The van der Waals surface area contributed by atoms with E-state index in [1.54, 1.807) is 7.05 Å². The molecule has 0 radical (unpaired) electrons. The van der Waals surface area contributed by atoms with E-state index < -0.39 is 11.6 Å². The molecule has 14 heavy (non-hydrogen) atoms. The molecule has 0 saturated heterocycles. The van der Waals surface area contributed by atoms with Crippen LogP contribution in [0.25, 0.3) is 0 Å². The van der Waals surface area contributed by atoms with Crippen LogP contribution in [-0.4, -0.2) is 20.2 Å². The Balaban J connectivity index is 0.00000169. The van der Waals surface area contributed by atoms with Gasteiger partial charge in [0.05, 0.1) is 0 Å². The van der Waals surface area contributed by atoms with Gasteiger partial charge in [-0.3, -0.25) is 0 Å². The molecule has 1 rings (SSSR count). The number of hydrogen-bond donors (Lipinski definition) is 1. The van der Waals surface area contributed by atoms with Gasteiger partial charge < -0.3 is 10.1 Å². The second-order valence-electron chi connectivity index (χ2n) is 2.53. The summed E-state index contributed by atoms with van der Waals surface area (Å²) in [6.07, 6.45) is 0. The molecule has 0 aliphatic heterocycles. The minimum Gasteiger partial charge on any atom is -0.492 e. The van der Waals surface area contributed by atoms with E-state index in [1.165, 1.54) is 6.07 Å². The van der Waals surface area contributed by atoms with Gasteiger partial charge in [0, 0.05) is 12.6 Å². The maximum Gasteiger partial charge on any atom is 0.162 e. The molecule has 5 heteroatoms. The summed E-state index contributed by atoms with van der Waals surface area (Å²) in [5.41, 5.74) is 0. The number of halogens is 3. The molecule has 0 heterocycles. The van der Waals surface area contributed by atoms with Gasteiger partial charge in [0.2, 0.25) is 0 Å². The van der Waals surface area contributed by atoms with Gasteiger partial charge in [0.25, 0.3) is 0 Å². The van der Waals surface area contributed by atoms with Crippen molar-refractivity contribution in [1.82, 2.24) is 5.32 Å². The van der Waals surface area contributed by atoms with Crippen molar-refractivity contribution in [3.05, 3.63) is 29.8 Å². The largest absolute Gasteiger partial charge is 0.492 e. The first-order chi connectivity index (χ1) is 6.24. The zero-order valence-electron chi connectivity index (χ0n) is 7.72. The van der Waals surface area contributed by atoms with E-state index in [-0.39, 0.29) is 12.4 Å². The van der Waals surface area contributed by atoms with E-state index >= 15 is 0 Å². The van der Waals surface area contributed by atoms with Gasteiger partial charge in [-0.05, 0) is 19.2 Å². The Bertz CT molecular complexity index is 284. The van der Waals surface area contributed by atoms with Crippen molar-refractivity contribution in [2.24, 2.45) is 0 Å². The Morgan fingerprint density at radius 3 is 2.57 bits per heavy atom. The van der Waals surface area contributed by atoms with Crippen LogP contribution in [0.3, 0.4) is 0 Å². The number of likely N-dealkylation sites (N-methyl/N-ethyl adjacent to an activating group) is 1. The van der Waals surface area contributed by atoms with Crippen LogP contribution in [-0.2, 0) is 0 Å². The molecule has 0 spiro atoms. The van der Waals surface area contributed by atoms with Gasteiger partial charge in [0.15, 0.2) is 11.6 Å². The predicted molar refractivity (Wildman–Crippen MR) is 53.0 cm³/mol. The number of rotatable bonds is 4. The van der Waals surface area contributed by atoms with Crippen LogP contribution in [0, 0.1) is 11.6 Å². The molecule has 0 aliphatic carbocycles. The number of nitrogens with one attached hydrogen (secondary N) is 1. The molecule has 0 fully saturated rings. The molecule has 0 aromatic heterocycles. The Labute approximate surface area is 87.7 Å². The molecule has 0 atom stereocenters. The zero-order valence-corrected chi connectivity index (χ0v) is 8.54. The molecule has 0 saturated carbocycles. The highest BCUT2D eigenvalue weighted by Crippen LogP contribution is 2.14. The average molecular weight is 224 g/mol. The minimum absolute atomic E-state index is 0. The van der Waals surface area contributed by atoms with Crippen LogP contribution in [0.15, 0.2) is 18.2 Å². The topological polar surface area (TPSA) is 21.3 Å². The lowest BCUT2D eigenvalue weighted by atomic mass is 10.3. The maximum atomic E-state index is 12.6. The van der Waals surface area contributed by atoms with Crippen LogP contribution in [0.4, 0.5) is 8.78 Å². The maximum absolute atomic E-state index is 12.6. The monoisotopic (exact) mass is 223 g/mol. The van der Waals surface area contributed by atoms with Crippen LogP contribution < -0.4 is 10.1 Å². The van der Waals surface area contributed by atoms with Crippen LogP contribution in [0.2, 0.25) is 0 Å². The van der Waals surface area contributed by atoms with E-state index in [9.17, 15) is 8.78 Å². The fourth-order valence-corrected chi connectivity index (χ4v) is 0.838. The average Bonchev–Trinajstić information content (AvgIpc) is 2.12. The standard InChI is InChI=1S/C9H11F2NO.ClH/c1-12-4-5-13-7-2-3-8(10)9(11)6-7;/h2-3,6,12H,4-5H2,1H3;1H. The third kappa shape index (κ3) is 3.89. The molecule has 0 amide bonds. The third-order valence-electron chi connectivity index (χ3n) is 1.51. The summed E-state index contributed by atoms with van der Waals surface area (Å²) in [5.74, 6) is -1.41. The highest BCUT2D eigenvalue weighted by molar-refractivity contribution is 5.85. The first-order valence-electron chi connectivity index (χ1n) is 3.96. The lowest BCUT2D eigenvalue weighted by Crippen LogP contribution is -2.15. The molecular weight excluding hydrogens is 212 g/mol. The van der Waals surface area contributed by atoms with E-state index in [2.05, 4.69) is 5.32 Å². The van der Waals surface area contributed by atoms with Crippen molar-refractivity contribution < 1.29 is 13.5 Å². The smallest absolute Gasteiger partial charge is 0.162 e. The summed E-state index contributed by atoms with van der Waals surface area (Å²) in [4.78, 5) is 0. The van der Waals surface area contributed by atoms with Gasteiger partial charge in [-0.1, -0.05) is 0 Å². The first-order valence-corrected chi connectivity index (χ1v) is 3.96. The molecular formula is C9H12ClF2NO. The van der Waals surface area contributed by atoms with Gasteiger partial charge in [0.1, 0.15) is 12.4 Å². The summed E-state index contributed by atoms with van der Waals surface area (Å²) in [6.45, 7) is 1.10. The van der Waals surface area contributed by atoms with E-state index in [0.29, 0.717) is 18.9 Å². The van der Waals surface area contributed by atoms with Crippen molar-refractivity contribution >= 4 is 12.4 Å². The van der Waals surface area contributed by atoms with Gasteiger partial charge in [-0.25, -0.2) is 8.78 Å². The second kappa shape index (κ2) is 6.56. The normalized spacial score (nSPS) is 9.36. The van der Waals surface area contributed by atoms with Gasteiger partial charge >= 0.3 is 0 Å². The summed E-state index contributed by atoms with van der Waals surface area (Å²) in [5, 5.41) is 2.87. The molecule has 80 valence electrons. The second-order valence-corrected chi connectivity index (χ2v) is 2.53. The van der Waals surface area contributed by atoms with Gasteiger partial charge in [-0.15, -0.1) is 12.4 Å². The minimum atomic E-state index is -0.887. The highest BCUT2D eigenvalue weighted by Gasteiger charge is 2.02. The quantitative estimate of drug-likeness (QED) is 0.789. The number of benzene rings is 1. The Morgan fingerprint density at radius 1 is 1.29 bits per heavy atom. The summed E-state index contributed by atoms with van der Waals surface area (Å²) < 4.78 is 30.2. The lowest BCUT2D eigenvalue weighted by Gasteiger charge is -2.05.